The first-order valence-electron chi connectivity index (χ1n) is 8.54. The Balaban J connectivity index is 1.63. The smallest absolute Gasteiger partial charge is 0.310 e. The summed E-state index contributed by atoms with van der Waals surface area (Å²) >= 11 is 0. The molecule has 0 radical (unpaired) electrons. The number of amides is 1. The molecule has 0 aliphatic heterocycles. The average molecular weight is 371 g/mol. The molecule has 1 saturated carbocycles. The predicted octanol–water partition coefficient (Wildman–Crippen LogP) is 3.58. The molecule has 6 heteroatoms. The van der Waals surface area contributed by atoms with Gasteiger partial charge >= 0.3 is 5.97 Å². The van der Waals surface area contributed by atoms with Crippen molar-refractivity contribution in [1.82, 2.24) is 0 Å². The highest BCUT2D eigenvalue weighted by molar-refractivity contribution is 7.84. The lowest BCUT2D eigenvalue weighted by molar-refractivity contribution is -0.157. The van der Waals surface area contributed by atoms with E-state index in [1.165, 1.54) is 0 Å². The SMILES string of the molecule is O=C(CC1(C(=O)O)CCC1)Nc1cccc(CS(=O)c2ccccc2)c1. The molecule has 2 N–H and O–H groups in total. The summed E-state index contributed by atoms with van der Waals surface area (Å²) in [4.78, 5) is 24.4. The van der Waals surface area contributed by atoms with E-state index in [0.29, 0.717) is 24.3 Å². The topological polar surface area (TPSA) is 83.5 Å². The summed E-state index contributed by atoms with van der Waals surface area (Å²) in [5, 5.41) is 12.1. The lowest BCUT2D eigenvalue weighted by Gasteiger charge is -2.36. The Kier molecular flexibility index (Phi) is 5.52. The largest absolute Gasteiger partial charge is 0.481 e. The van der Waals surface area contributed by atoms with E-state index >= 15 is 0 Å². The Morgan fingerprint density at radius 2 is 1.81 bits per heavy atom. The van der Waals surface area contributed by atoms with Crippen LogP contribution in [0, 0.1) is 5.41 Å². The van der Waals surface area contributed by atoms with Gasteiger partial charge in [-0.3, -0.25) is 13.8 Å². The maximum atomic E-state index is 12.4. The van der Waals surface area contributed by atoms with E-state index in [0.717, 1.165) is 16.9 Å². The second kappa shape index (κ2) is 7.83. The molecule has 1 fully saturated rings. The molecule has 0 bridgehead atoms. The van der Waals surface area contributed by atoms with Gasteiger partial charge in [0.05, 0.1) is 22.0 Å². The van der Waals surface area contributed by atoms with Gasteiger partial charge in [0.15, 0.2) is 0 Å². The lowest BCUT2D eigenvalue weighted by atomic mass is 9.66. The Morgan fingerprint density at radius 1 is 1.08 bits per heavy atom. The zero-order valence-electron chi connectivity index (χ0n) is 14.3. The Hall–Kier alpha value is -2.47. The fourth-order valence-corrected chi connectivity index (χ4v) is 4.24. The summed E-state index contributed by atoms with van der Waals surface area (Å²) in [7, 11) is -1.16. The van der Waals surface area contributed by atoms with Gasteiger partial charge in [0.1, 0.15) is 0 Å². The van der Waals surface area contributed by atoms with E-state index in [1.54, 1.807) is 18.2 Å². The number of anilines is 1. The van der Waals surface area contributed by atoms with Crippen molar-refractivity contribution in [1.29, 1.82) is 0 Å². The Bertz CT molecular complexity index is 831. The lowest BCUT2D eigenvalue weighted by Crippen LogP contribution is -2.41. The van der Waals surface area contributed by atoms with Crippen LogP contribution in [0.25, 0.3) is 0 Å². The number of hydrogen-bond acceptors (Lipinski definition) is 3. The number of nitrogens with one attached hydrogen (secondary N) is 1. The molecule has 26 heavy (non-hydrogen) atoms. The number of carbonyl (C=O) groups excluding carboxylic acids is 1. The fourth-order valence-electron chi connectivity index (χ4n) is 3.13. The van der Waals surface area contributed by atoms with E-state index in [9.17, 15) is 18.9 Å². The summed E-state index contributed by atoms with van der Waals surface area (Å²) in [6.45, 7) is 0. The van der Waals surface area contributed by atoms with Crippen LogP contribution in [-0.2, 0) is 26.1 Å². The first-order valence-corrected chi connectivity index (χ1v) is 9.86. The van der Waals surface area contributed by atoms with Crippen LogP contribution in [0.4, 0.5) is 5.69 Å². The predicted molar refractivity (Wildman–Crippen MR) is 100 cm³/mol. The first-order chi connectivity index (χ1) is 12.5. The molecule has 2 aromatic carbocycles. The van der Waals surface area contributed by atoms with Crippen molar-refractivity contribution in [2.24, 2.45) is 5.41 Å². The fraction of sp³-hybridized carbons (Fsp3) is 0.300. The van der Waals surface area contributed by atoms with Crippen LogP contribution < -0.4 is 5.32 Å². The monoisotopic (exact) mass is 371 g/mol. The molecule has 1 aliphatic carbocycles. The number of carbonyl (C=O) groups is 2. The standard InChI is InChI=1S/C20H21NO4S/c22-18(13-20(19(23)24)10-5-11-20)21-16-7-4-6-15(12-16)14-26(25)17-8-2-1-3-9-17/h1-4,6-9,12H,5,10-11,13-14H2,(H,21,22)(H,23,24). The van der Waals surface area contributed by atoms with E-state index < -0.39 is 22.2 Å². The highest BCUT2D eigenvalue weighted by atomic mass is 32.2. The number of benzene rings is 2. The van der Waals surface area contributed by atoms with Crippen LogP contribution in [0.15, 0.2) is 59.5 Å². The quantitative estimate of drug-likeness (QED) is 0.779. The minimum absolute atomic E-state index is 0.0114. The summed E-state index contributed by atoms with van der Waals surface area (Å²) in [5.41, 5.74) is 0.537. The molecular weight excluding hydrogens is 350 g/mol. The van der Waals surface area contributed by atoms with Gasteiger partial charge in [-0.1, -0.05) is 36.8 Å². The summed E-state index contributed by atoms with van der Waals surface area (Å²) in [5.74, 6) is -0.841. The maximum absolute atomic E-state index is 12.4. The second-order valence-electron chi connectivity index (χ2n) is 6.67. The van der Waals surface area contributed by atoms with E-state index in [2.05, 4.69) is 5.32 Å². The summed E-state index contributed by atoms with van der Waals surface area (Å²) in [6.07, 6.45) is 1.93. The molecule has 1 atom stereocenters. The van der Waals surface area contributed by atoms with Crippen molar-refractivity contribution < 1.29 is 18.9 Å². The van der Waals surface area contributed by atoms with Crippen molar-refractivity contribution in [2.45, 2.75) is 36.3 Å². The zero-order valence-corrected chi connectivity index (χ0v) is 15.1. The molecule has 136 valence electrons. The van der Waals surface area contributed by atoms with Crippen LogP contribution >= 0.6 is 0 Å². The average Bonchev–Trinajstić information content (AvgIpc) is 2.59. The number of rotatable bonds is 7. The normalized spacial score (nSPS) is 16.3. The molecule has 1 aliphatic rings. The highest BCUT2D eigenvalue weighted by Gasteiger charge is 2.45. The van der Waals surface area contributed by atoms with Crippen LogP contribution in [0.5, 0.6) is 0 Å². The van der Waals surface area contributed by atoms with Crippen LogP contribution in [0.1, 0.15) is 31.2 Å². The third-order valence-corrected chi connectivity index (χ3v) is 6.17. The van der Waals surface area contributed by atoms with Gasteiger partial charge in [0.25, 0.3) is 0 Å². The second-order valence-corrected chi connectivity index (χ2v) is 8.12. The van der Waals surface area contributed by atoms with Crippen LogP contribution in [0.3, 0.4) is 0 Å². The van der Waals surface area contributed by atoms with Crippen molar-refractivity contribution in [3.8, 4) is 0 Å². The molecule has 5 nitrogen and oxygen atoms in total. The molecule has 0 saturated heterocycles. The van der Waals surface area contributed by atoms with E-state index in [4.69, 9.17) is 0 Å². The van der Waals surface area contributed by atoms with Crippen molar-refractivity contribution >= 4 is 28.4 Å². The Morgan fingerprint density at radius 3 is 2.42 bits per heavy atom. The molecule has 1 amide bonds. The van der Waals surface area contributed by atoms with Gasteiger partial charge in [0.2, 0.25) is 5.91 Å². The molecule has 2 aromatic rings. The number of carboxylic acids is 1. The third-order valence-electron chi connectivity index (χ3n) is 4.78. The van der Waals surface area contributed by atoms with E-state index in [-0.39, 0.29) is 12.3 Å². The highest BCUT2D eigenvalue weighted by Crippen LogP contribution is 2.44. The molecule has 0 spiro atoms. The minimum Gasteiger partial charge on any atom is -0.481 e. The van der Waals surface area contributed by atoms with Gasteiger partial charge in [-0.25, -0.2) is 0 Å². The summed E-state index contributed by atoms with van der Waals surface area (Å²) < 4.78 is 12.4. The zero-order chi connectivity index (χ0) is 18.6. The minimum atomic E-state index is -1.16. The van der Waals surface area contributed by atoms with Crippen molar-refractivity contribution in [2.75, 3.05) is 5.32 Å². The van der Waals surface area contributed by atoms with Gasteiger partial charge in [-0.05, 0) is 42.7 Å². The third kappa shape index (κ3) is 4.19. The number of carboxylic acid groups (broad SMARTS) is 1. The van der Waals surface area contributed by atoms with E-state index in [1.807, 2.05) is 36.4 Å². The first kappa shape index (κ1) is 18.3. The van der Waals surface area contributed by atoms with Gasteiger partial charge in [-0.2, -0.15) is 0 Å². The van der Waals surface area contributed by atoms with Gasteiger partial charge in [0, 0.05) is 17.0 Å². The molecular formula is C20H21NO4S. The van der Waals surface area contributed by atoms with Gasteiger partial charge < -0.3 is 10.4 Å². The maximum Gasteiger partial charge on any atom is 0.310 e. The van der Waals surface area contributed by atoms with Gasteiger partial charge in [-0.15, -0.1) is 0 Å². The van der Waals surface area contributed by atoms with Crippen LogP contribution in [0.2, 0.25) is 0 Å². The van der Waals surface area contributed by atoms with Crippen LogP contribution in [-0.4, -0.2) is 21.2 Å². The molecule has 0 heterocycles. The van der Waals surface area contributed by atoms with Crippen molar-refractivity contribution in [3.05, 3.63) is 60.2 Å². The molecule has 3 rings (SSSR count). The molecule has 1 unspecified atom stereocenters. The number of hydrogen-bond donors (Lipinski definition) is 2. The number of aliphatic carboxylic acids is 1. The molecule has 0 aromatic heterocycles. The van der Waals surface area contributed by atoms with Crippen molar-refractivity contribution in [3.63, 3.8) is 0 Å². The summed E-state index contributed by atoms with van der Waals surface area (Å²) in [6, 6.07) is 16.4. The Labute approximate surface area is 154 Å².